The van der Waals surface area contributed by atoms with Crippen molar-refractivity contribution in [2.45, 2.75) is 119 Å². The molecule has 1 aliphatic heterocycles. The summed E-state index contributed by atoms with van der Waals surface area (Å²) < 4.78 is 4.58. The summed E-state index contributed by atoms with van der Waals surface area (Å²) in [7, 11) is 0. The molecule has 1 saturated heterocycles. The summed E-state index contributed by atoms with van der Waals surface area (Å²) in [6.07, 6.45) is 24.5. The molecular formula is C50H58Cl2Zr. The van der Waals surface area contributed by atoms with E-state index in [0.29, 0.717) is 0 Å². The van der Waals surface area contributed by atoms with Crippen molar-refractivity contribution in [1.29, 1.82) is 0 Å². The van der Waals surface area contributed by atoms with Crippen molar-refractivity contribution in [3.63, 3.8) is 0 Å². The average Bonchev–Trinajstić information content (AvgIpc) is 3.70. The maximum atomic E-state index is 2.80. The number of halogens is 2. The van der Waals surface area contributed by atoms with E-state index in [1.807, 2.05) is 11.1 Å². The van der Waals surface area contributed by atoms with Crippen molar-refractivity contribution in [1.82, 2.24) is 0 Å². The number of allylic oxidation sites excluding steroid dienone is 2. The fourth-order valence-corrected chi connectivity index (χ4v) is 29.1. The molecule has 4 aliphatic carbocycles. The van der Waals surface area contributed by atoms with Crippen LogP contribution in [0.3, 0.4) is 0 Å². The van der Waals surface area contributed by atoms with Crippen LogP contribution in [0.1, 0.15) is 132 Å². The van der Waals surface area contributed by atoms with Gasteiger partial charge in [-0.15, -0.1) is 0 Å². The zero-order chi connectivity index (χ0) is 34.4. The summed E-state index contributed by atoms with van der Waals surface area (Å²) >= 11 is -2.87. The second kappa shape index (κ2) is 16.9. The largest absolute Gasteiger partial charge is 1.00 e. The van der Waals surface area contributed by atoms with Gasteiger partial charge in [-0.3, -0.25) is 0 Å². The van der Waals surface area contributed by atoms with Crippen molar-refractivity contribution < 1.29 is 45.1 Å². The van der Waals surface area contributed by atoms with Crippen LogP contribution in [0.25, 0.3) is 34.4 Å². The Hall–Kier alpha value is -2.18. The molecule has 2 atom stereocenters. The van der Waals surface area contributed by atoms with Crippen molar-refractivity contribution in [2.75, 3.05) is 0 Å². The molecule has 2 saturated carbocycles. The fourth-order valence-electron chi connectivity index (χ4n) is 11.4. The third-order valence-corrected chi connectivity index (χ3v) is 26.8. The first-order valence-corrected chi connectivity index (χ1v) is 27.4. The molecule has 4 aromatic carbocycles. The Balaban J connectivity index is 0.00000218. The molecule has 53 heavy (non-hydrogen) atoms. The van der Waals surface area contributed by atoms with Gasteiger partial charge < -0.3 is 24.8 Å². The number of benzene rings is 4. The predicted octanol–water partition coefficient (Wildman–Crippen LogP) is 8.67. The number of fused-ring (bicyclic) bond motifs is 2. The quantitative estimate of drug-likeness (QED) is 0.150. The summed E-state index contributed by atoms with van der Waals surface area (Å²) in [6.45, 7) is 4.58. The van der Waals surface area contributed by atoms with Gasteiger partial charge in [0.05, 0.1) is 0 Å². The standard InChI is InChI=1S/2C24H27.C2H4.2ClH.Zr/c2*1-2-7-18-12-14-20(15-13-18)23-11-6-10-21-16-22(17-24(21)23)19-8-4-3-5-9-19;1-2;;;/h2*6,10-17,19H,2-5,7-9H2,1H3;1-2H2;2*1H;/q;;;;;+2/p-2. The maximum absolute atomic E-state index is 2.87. The first-order chi connectivity index (χ1) is 25.2. The van der Waals surface area contributed by atoms with E-state index in [9.17, 15) is 0 Å². The number of hydrogen-bond donors (Lipinski definition) is 0. The first kappa shape index (κ1) is 39.1. The average molecular weight is 821 g/mol. The monoisotopic (exact) mass is 818 g/mol. The molecule has 0 nitrogen and oxygen atoms in total. The summed E-state index contributed by atoms with van der Waals surface area (Å²) in [5.74, 6) is 1.56. The van der Waals surface area contributed by atoms with E-state index in [1.54, 1.807) is 30.5 Å². The fraction of sp³-hybridized carbons (Fsp3) is 0.440. The molecule has 0 radical (unpaired) electrons. The Morgan fingerprint density at radius 3 is 1.25 bits per heavy atom. The van der Waals surface area contributed by atoms with Gasteiger partial charge in [-0.1, -0.05) is 0 Å². The second-order valence-corrected chi connectivity index (χ2v) is 28.4. The molecule has 3 heteroatoms. The third-order valence-electron chi connectivity index (χ3n) is 13.9. The van der Waals surface area contributed by atoms with Crippen molar-refractivity contribution in [3.05, 3.63) is 129 Å². The number of rotatable bonds is 10. The molecule has 276 valence electrons. The predicted molar refractivity (Wildman–Crippen MR) is 216 cm³/mol. The van der Waals surface area contributed by atoms with Crippen molar-refractivity contribution in [3.8, 4) is 22.3 Å². The zero-order valence-electron chi connectivity index (χ0n) is 32.1. The Morgan fingerprint density at radius 1 is 0.491 bits per heavy atom. The minimum absolute atomic E-state index is 0. The molecule has 9 rings (SSSR count). The van der Waals surface area contributed by atoms with Crippen LogP contribution in [0.2, 0.25) is 8.26 Å². The van der Waals surface area contributed by atoms with Crippen LogP contribution in [0, 0.1) is 11.8 Å². The van der Waals surface area contributed by atoms with Gasteiger partial charge in [0.25, 0.3) is 0 Å². The van der Waals surface area contributed by atoms with E-state index < -0.39 is 20.3 Å². The molecular weight excluding hydrogens is 763 g/mol. The van der Waals surface area contributed by atoms with Crippen LogP contribution in [0.15, 0.2) is 96.1 Å². The summed E-state index contributed by atoms with van der Waals surface area (Å²) in [5.41, 5.74) is 19.2. The molecule has 2 unspecified atom stereocenters. The van der Waals surface area contributed by atoms with Crippen LogP contribution in [-0.4, -0.2) is 0 Å². The van der Waals surface area contributed by atoms with Crippen LogP contribution in [0.4, 0.5) is 0 Å². The maximum Gasteiger partial charge on any atom is -1.00 e. The van der Waals surface area contributed by atoms with Gasteiger partial charge in [0.2, 0.25) is 0 Å². The topological polar surface area (TPSA) is 0 Å². The number of aryl methyl sites for hydroxylation is 2. The van der Waals surface area contributed by atoms with E-state index >= 15 is 0 Å². The van der Waals surface area contributed by atoms with Gasteiger partial charge in [-0.2, -0.15) is 0 Å². The smallest absolute Gasteiger partial charge is 1.00 e. The SMILES string of the molecule is CCCc1ccc(-c2cccc3c2C=C(C2CCCCC2)[CH]3[Zr+2]2([CH]3C(C4CCCCC4)=Cc4c(-c5ccc(CCC)cc5)cccc43)[CH2][CH2]2)cc1.[Cl-].[Cl-]. The van der Waals surface area contributed by atoms with E-state index in [0.717, 1.165) is 19.1 Å². The first-order valence-electron chi connectivity index (χ1n) is 21.1. The molecule has 0 aromatic heterocycles. The van der Waals surface area contributed by atoms with Gasteiger partial charge in [-0.25, -0.2) is 0 Å². The van der Waals surface area contributed by atoms with Crippen molar-refractivity contribution in [2.24, 2.45) is 11.8 Å². The summed E-state index contributed by atoms with van der Waals surface area (Å²) in [5, 5.41) is 0. The summed E-state index contributed by atoms with van der Waals surface area (Å²) in [4.78, 5) is 0. The van der Waals surface area contributed by atoms with Crippen LogP contribution >= 0.6 is 0 Å². The molecule has 5 aliphatic rings. The summed E-state index contributed by atoms with van der Waals surface area (Å²) in [6, 6.07) is 34.2. The Labute approximate surface area is 337 Å². The van der Waals surface area contributed by atoms with E-state index in [2.05, 4.69) is 111 Å². The minimum Gasteiger partial charge on any atom is -1.00 e. The van der Waals surface area contributed by atoms with Gasteiger partial charge in [0.15, 0.2) is 0 Å². The Morgan fingerprint density at radius 2 is 0.887 bits per heavy atom. The van der Waals surface area contributed by atoms with Gasteiger partial charge in [-0.05, 0) is 0 Å². The van der Waals surface area contributed by atoms with Gasteiger partial charge in [0.1, 0.15) is 0 Å². The normalized spacial score (nSPS) is 21.2. The molecule has 0 bridgehead atoms. The van der Waals surface area contributed by atoms with Crippen LogP contribution < -0.4 is 24.8 Å². The Bertz CT molecular complexity index is 1800. The molecule has 0 N–H and O–H groups in total. The molecule has 0 amide bonds. The molecule has 4 aromatic rings. The van der Waals surface area contributed by atoms with Crippen LogP contribution in [-0.2, 0) is 33.1 Å². The van der Waals surface area contributed by atoms with Gasteiger partial charge >= 0.3 is 315 Å². The molecule has 0 spiro atoms. The third kappa shape index (κ3) is 7.31. The van der Waals surface area contributed by atoms with E-state index in [4.69, 9.17) is 0 Å². The second-order valence-electron chi connectivity index (χ2n) is 17.1. The van der Waals surface area contributed by atoms with E-state index in [1.165, 1.54) is 123 Å². The minimum atomic E-state index is -2.87. The molecule has 3 fully saturated rings. The number of hydrogen-bond acceptors (Lipinski definition) is 0. The zero-order valence-corrected chi connectivity index (χ0v) is 36.1. The Kier molecular flexibility index (Phi) is 12.5. The van der Waals surface area contributed by atoms with E-state index in [-0.39, 0.29) is 24.8 Å². The molecule has 1 heterocycles. The van der Waals surface area contributed by atoms with Crippen molar-refractivity contribution >= 4 is 12.2 Å². The van der Waals surface area contributed by atoms with Crippen LogP contribution in [0.5, 0.6) is 0 Å². The van der Waals surface area contributed by atoms with Gasteiger partial charge in [0, 0.05) is 0 Å².